The van der Waals surface area contributed by atoms with E-state index >= 15 is 0 Å². The lowest BCUT2D eigenvalue weighted by Crippen LogP contribution is -2.30. The van der Waals surface area contributed by atoms with Crippen molar-refractivity contribution >= 4 is 0 Å². The molecule has 1 aliphatic heterocycles. The number of hydrogen-bond acceptors (Lipinski definition) is 3. The SMILES string of the molecule is C=C(C)C1CCC(C)C(OCc2ccc3c(c2)OC(C2=CCCCC2)O3)C1. The smallest absolute Gasteiger partial charge is 0.263 e. The zero-order chi connectivity index (χ0) is 18.8. The highest BCUT2D eigenvalue weighted by Crippen LogP contribution is 2.40. The van der Waals surface area contributed by atoms with Crippen LogP contribution in [0.5, 0.6) is 11.5 Å². The number of benzene rings is 1. The first-order chi connectivity index (χ1) is 13.1. The van der Waals surface area contributed by atoms with E-state index in [1.807, 2.05) is 6.07 Å². The van der Waals surface area contributed by atoms with E-state index < -0.39 is 0 Å². The molecule has 3 nitrogen and oxygen atoms in total. The summed E-state index contributed by atoms with van der Waals surface area (Å²) in [5, 5.41) is 0. The van der Waals surface area contributed by atoms with Gasteiger partial charge in [0.05, 0.1) is 12.7 Å². The molecule has 146 valence electrons. The van der Waals surface area contributed by atoms with Crippen LogP contribution in [0.1, 0.15) is 64.4 Å². The van der Waals surface area contributed by atoms with Gasteiger partial charge in [0.2, 0.25) is 0 Å². The van der Waals surface area contributed by atoms with Crippen molar-refractivity contribution in [3.8, 4) is 11.5 Å². The zero-order valence-electron chi connectivity index (χ0n) is 16.7. The number of ether oxygens (including phenoxy) is 3. The number of rotatable bonds is 5. The Morgan fingerprint density at radius 2 is 2.04 bits per heavy atom. The normalized spacial score (nSPS) is 30.1. The third-order valence-electron chi connectivity index (χ3n) is 6.39. The van der Waals surface area contributed by atoms with Gasteiger partial charge in [0.15, 0.2) is 11.5 Å². The summed E-state index contributed by atoms with van der Waals surface area (Å²) in [5.41, 5.74) is 3.74. The van der Waals surface area contributed by atoms with Gasteiger partial charge in [0.1, 0.15) is 0 Å². The highest BCUT2D eigenvalue weighted by molar-refractivity contribution is 5.46. The Hall–Kier alpha value is -1.74. The Balaban J connectivity index is 1.36. The summed E-state index contributed by atoms with van der Waals surface area (Å²) < 4.78 is 18.4. The second-order valence-corrected chi connectivity index (χ2v) is 8.56. The summed E-state index contributed by atoms with van der Waals surface area (Å²) in [6.07, 6.45) is 10.7. The van der Waals surface area contributed by atoms with E-state index in [0.717, 1.165) is 36.3 Å². The molecule has 0 bridgehead atoms. The quantitative estimate of drug-likeness (QED) is 0.581. The molecule has 3 aliphatic rings. The van der Waals surface area contributed by atoms with Crippen LogP contribution in [-0.4, -0.2) is 12.4 Å². The van der Waals surface area contributed by atoms with Gasteiger partial charge in [-0.05, 0) is 81.4 Å². The molecule has 1 aromatic rings. The largest absolute Gasteiger partial charge is 0.447 e. The third-order valence-corrected chi connectivity index (χ3v) is 6.39. The van der Waals surface area contributed by atoms with Crippen LogP contribution in [0.15, 0.2) is 42.0 Å². The van der Waals surface area contributed by atoms with Gasteiger partial charge in [-0.25, -0.2) is 0 Å². The maximum atomic E-state index is 6.32. The third kappa shape index (κ3) is 4.24. The predicted octanol–water partition coefficient (Wildman–Crippen LogP) is 6.18. The fourth-order valence-corrected chi connectivity index (χ4v) is 4.48. The molecular formula is C24H32O3. The topological polar surface area (TPSA) is 27.7 Å². The number of allylic oxidation sites excluding steroid dienone is 2. The maximum Gasteiger partial charge on any atom is 0.263 e. The van der Waals surface area contributed by atoms with E-state index in [1.54, 1.807) is 0 Å². The van der Waals surface area contributed by atoms with Crippen molar-refractivity contribution in [3.63, 3.8) is 0 Å². The molecule has 4 unspecified atom stereocenters. The van der Waals surface area contributed by atoms with Gasteiger partial charge in [0.25, 0.3) is 6.29 Å². The van der Waals surface area contributed by atoms with Gasteiger partial charge >= 0.3 is 0 Å². The Labute approximate surface area is 163 Å². The van der Waals surface area contributed by atoms with Crippen LogP contribution in [0.3, 0.4) is 0 Å². The molecule has 27 heavy (non-hydrogen) atoms. The fraction of sp³-hybridized carbons (Fsp3) is 0.583. The average molecular weight is 369 g/mol. The molecule has 0 radical (unpaired) electrons. The predicted molar refractivity (Wildman–Crippen MR) is 108 cm³/mol. The molecule has 1 fully saturated rings. The molecule has 0 saturated heterocycles. The van der Waals surface area contributed by atoms with Crippen molar-refractivity contribution in [1.82, 2.24) is 0 Å². The van der Waals surface area contributed by atoms with E-state index in [4.69, 9.17) is 14.2 Å². The van der Waals surface area contributed by atoms with Gasteiger partial charge < -0.3 is 14.2 Å². The Morgan fingerprint density at radius 1 is 1.19 bits per heavy atom. The van der Waals surface area contributed by atoms with Crippen LogP contribution in [-0.2, 0) is 11.3 Å². The first-order valence-corrected chi connectivity index (χ1v) is 10.5. The molecule has 0 aromatic heterocycles. The number of fused-ring (bicyclic) bond motifs is 1. The van der Waals surface area contributed by atoms with Crippen LogP contribution in [0.25, 0.3) is 0 Å². The van der Waals surface area contributed by atoms with Gasteiger partial charge in [-0.15, -0.1) is 0 Å². The summed E-state index contributed by atoms with van der Waals surface area (Å²) in [4.78, 5) is 0. The van der Waals surface area contributed by atoms with E-state index in [-0.39, 0.29) is 6.29 Å². The lowest BCUT2D eigenvalue weighted by Gasteiger charge is -2.34. The summed E-state index contributed by atoms with van der Waals surface area (Å²) in [6.45, 7) is 9.23. The van der Waals surface area contributed by atoms with E-state index in [9.17, 15) is 0 Å². The van der Waals surface area contributed by atoms with Crippen molar-refractivity contribution < 1.29 is 14.2 Å². The van der Waals surface area contributed by atoms with Crippen molar-refractivity contribution in [3.05, 3.63) is 47.6 Å². The average Bonchev–Trinajstić information content (AvgIpc) is 3.11. The molecule has 1 saturated carbocycles. The van der Waals surface area contributed by atoms with E-state index in [0.29, 0.717) is 24.5 Å². The molecule has 0 N–H and O–H groups in total. The van der Waals surface area contributed by atoms with E-state index in [1.165, 1.54) is 36.8 Å². The molecule has 0 spiro atoms. The summed E-state index contributed by atoms with van der Waals surface area (Å²) >= 11 is 0. The fourth-order valence-electron chi connectivity index (χ4n) is 4.48. The molecular weight excluding hydrogens is 336 g/mol. The minimum absolute atomic E-state index is 0.230. The van der Waals surface area contributed by atoms with Crippen LogP contribution in [0.2, 0.25) is 0 Å². The number of hydrogen-bond donors (Lipinski definition) is 0. The molecule has 0 amide bonds. The van der Waals surface area contributed by atoms with Gasteiger partial charge in [0, 0.05) is 5.57 Å². The first-order valence-electron chi connectivity index (χ1n) is 10.5. The lowest BCUT2D eigenvalue weighted by atomic mass is 9.78. The second-order valence-electron chi connectivity index (χ2n) is 8.56. The Morgan fingerprint density at radius 3 is 2.81 bits per heavy atom. The van der Waals surface area contributed by atoms with E-state index in [2.05, 4.69) is 38.6 Å². The zero-order valence-corrected chi connectivity index (χ0v) is 16.7. The summed E-state index contributed by atoms with van der Waals surface area (Å²) in [7, 11) is 0. The highest BCUT2D eigenvalue weighted by atomic mass is 16.7. The summed E-state index contributed by atoms with van der Waals surface area (Å²) in [6, 6.07) is 6.21. The second kappa shape index (κ2) is 8.10. The summed E-state index contributed by atoms with van der Waals surface area (Å²) in [5.74, 6) is 2.91. The van der Waals surface area contributed by atoms with Crippen LogP contribution in [0, 0.1) is 11.8 Å². The molecule has 1 heterocycles. The van der Waals surface area contributed by atoms with Crippen LogP contribution >= 0.6 is 0 Å². The van der Waals surface area contributed by atoms with Crippen molar-refractivity contribution in [2.75, 3.05) is 0 Å². The monoisotopic (exact) mass is 368 g/mol. The molecule has 1 aromatic carbocycles. The maximum absolute atomic E-state index is 6.32. The molecule has 4 rings (SSSR count). The van der Waals surface area contributed by atoms with Gasteiger partial charge in [-0.3, -0.25) is 0 Å². The Bertz CT molecular complexity index is 720. The van der Waals surface area contributed by atoms with Crippen LogP contribution < -0.4 is 9.47 Å². The minimum Gasteiger partial charge on any atom is -0.447 e. The minimum atomic E-state index is -0.230. The van der Waals surface area contributed by atoms with Crippen molar-refractivity contribution in [2.45, 2.75) is 77.8 Å². The van der Waals surface area contributed by atoms with Crippen molar-refractivity contribution in [2.24, 2.45) is 11.8 Å². The molecule has 2 aliphatic carbocycles. The molecule has 3 heteroatoms. The van der Waals surface area contributed by atoms with Crippen LogP contribution in [0.4, 0.5) is 0 Å². The van der Waals surface area contributed by atoms with Gasteiger partial charge in [-0.1, -0.05) is 31.2 Å². The van der Waals surface area contributed by atoms with Gasteiger partial charge in [-0.2, -0.15) is 0 Å². The standard InChI is InChI=1S/C24H32O3/c1-16(2)20-11-9-17(3)22(14-20)25-15-18-10-12-21-23(13-18)27-24(26-21)19-7-5-4-6-8-19/h7,10,12-13,17,20,22,24H,1,4-6,8-9,11,14-15H2,2-3H3. The molecule has 4 atom stereocenters. The lowest BCUT2D eigenvalue weighted by molar-refractivity contribution is -0.0257. The highest BCUT2D eigenvalue weighted by Gasteiger charge is 2.30. The Kier molecular flexibility index (Phi) is 5.58. The van der Waals surface area contributed by atoms with Crippen molar-refractivity contribution in [1.29, 1.82) is 0 Å². The first kappa shape index (κ1) is 18.6.